The fourth-order valence-corrected chi connectivity index (χ4v) is 0.630. The van der Waals surface area contributed by atoms with Crippen LogP contribution in [0.25, 0.3) is 0 Å². The number of hydrogen-bond acceptors (Lipinski definition) is 3. The van der Waals surface area contributed by atoms with Crippen molar-refractivity contribution in [1.82, 2.24) is 10.6 Å². The highest BCUT2D eigenvalue weighted by atomic mass is 16.2. The van der Waals surface area contributed by atoms with Gasteiger partial charge in [-0.25, -0.2) is 0 Å². The highest BCUT2D eigenvalue weighted by Crippen LogP contribution is 1.83. The van der Waals surface area contributed by atoms with E-state index in [0.717, 1.165) is 0 Å². The molecule has 1 heterocycles. The lowest BCUT2D eigenvalue weighted by atomic mass is 10.5. The number of nitrogens with one attached hydrogen (secondary N) is 2. The topological polar surface area (TPSA) is 84.2 Å². The lowest BCUT2D eigenvalue weighted by molar-refractivity contribution is -0.123. The third-order valence-electron chi connectivity index (χ3n) is 1.06. The maximum atomic E-state index is 10.4. The Morgan fingerprint density at radius 3 is 2.67 bits per heavy atom. The first-order chi connectivity index (χ1) is 4.20. The molecule has 5 nitrogen and oxygen atoms in total. The summed E-state index contributed by atoms with van der Waals surface area (Å²) in [5, 5.41) is 4.90. The summed E-state index contributed by atoms with van der Waals surface area (Å²) < 4.78 is 0. The summed E-state index contributed by atoms with van der Waals surface area (Å²) in [6.07, 6.45) is -0.669. The van der Waals surface area contributed by atoms with E-state index in [2.05, 4.69) is 10.6 Å². The molecule has 0 saturated carbocycles. The van der Waals surface area contributed by atoms with Crippen molar-refractivity contribution >= 4 is 11.8 Å². The van der Waals surface area contributed by atoms with Crippen LogP contribution in [0.4, 0.5) is 0 Å². The first kappa shape index (κ1) is 6.03. The summed E-state index contributed by atoms with van der Waals surface area (Å²) in [7, 11) is 0. The second-order valence-electron chi connectivity index (χ2n) is 1.78. The number of carbonyl (C=O) groups excluding carboxylic acids is 2. The zero-order chi connectivity index (χ0) is 6.85. The van der Waals surface area contributed by atoms with Crippen LogP contribution in [0.2, 0.25) is 0 Å². The second kappa shape index (κ2) is 2.02. The Morgan fingerprint density at radius 2 is 2.44 bits per heavy atom. The molecule has 1 saturated heterocycles. The van der Waals surface area contributed by atoms with Gasteiger partial charge in [-0.2, -0.15) is 0 Å². The Balaban J connectivity index is 2.48. The maximum absolute atomic E-state index is 10.4. The quantitative estimate of drug-likeness (QED) is 0.366. The van der Waals surface area contributed by atoms with Gasteiger partial charge in [0.1, 0.15) is 0 Å². The van der Waals surface area contributed by atoms with E-state index in [0.29, 0.717) is 0 Å². The van der Waals surface area contributed by atoms with Gasteiger partial charge in [0.15, 0.2) is 6.17 Å². The van der Waals surface area contributed by atoms with Crippen molar-refractivity contribution in [1.29, 1.82) is 0 Å². The lowest BCUT2D eigenvalue weighted by Gasteiger charge is -2.02. The van der Waals surface area contributed by atoms with E-state index in [1.54, 1.807) is 0 Å². The molecule has 0 aromatic carbocycles. The maximum Gasteiger partial charge on any atom is 0.255 e. The monoisotopic (exact) mass is 129 g/mol. The van der Waals surface area contributed by atoms with E-state index in [9.17, 15) is 9.59 Å². The molecule has 9 heavy (non-hydrogen) atoms. The molecule has 0 bridgehead atoms. The molecule has 4 N–H and O–H groups in total. The van der Waals surface area contributed by atoms with E-state index in [4.69, 9.17) is 5.73 Å². The van der Waals surface area contributed by atoms with Crippen LogP contribution in [0, 0.1) is 0 Å². The Hall–Kier alpha value is -1.10. The van der Waals surface area contributed by atoms with Gasteiger partial charge in [-0.1, -0.05) is 0 Å². The van der Waals surface area contributed by atoms with Gasteiger partial charge in [0, 0.05) is 0 Å². The molecule has 0 aromatic rings. The highest BCUT2D eigenvalue weighted by molar-refractivity contribution is 5.90. The smallest absolute Gasteiger partial charge is 0.255 e. The van der Waals surface area contributed by atoms with Crippen LogP contribution in [0.15, 0.2) is 0 Å². The Morgan fingerprint density at radius 1 is 1.78 bits per heavy atom. The van der Waals surface area contributed by atoms with Crippen molar-refractivity contribution < 1.29 is 9.59 Å². The van der Waals surface area contributed by atoms with Crippen molar-refractivity contribution in [3.8, 4) is 0 Å². The van der Waals surface area contributed by atoms with Crippen molar-refractivity contribution in [3.05, 3.63) is 0 Å². The molecule has 1 unspecified atom stereocenters. The molecule has 2 amide bonds. The molecule has 0 radical (unpaired) electrons. The van der Waals surface area contributed by atoms with Gasteiger partial charge in [-0.15, -0.1) is 0 Å². The summed E-state index contributed by atoms with van der Waals surface area (Å²) in [6, 6.07) is 0. The number of nitrogens with two attached hydrogens (primary N) is 1. The van der Waals surface area contributed by atoms with E-state index in [1.807, 2.05) is 0 Å². The molecule has 1 atom stereocenters. The van der Waals surface area contributed by atoms with E-state index in [-0.39, 0.29) is 12.5 Å². The highest BCUT2D eigenvalue weighted by Gasteiger charge is 2.23. The minimum absolute atomic E-state index is 0.174. The fourth-order valence-electron chi connectivity index (χ4n) is 0.630. The van der Waals surface area contributed by atoms with Crippen molar-refractivity contribution in [2.75, 3.05) is 6.54 Å². The molecule has 50 valence electrons. The minimum atomic E-state index is -0.669. The van der Waals surface area contributed by atoms with Crippen molar-refractivity contribution in [2.45, 2.75) is 6.17 Å². The molecule has 0 spiro atoms. The zero-order valence-electron chi connectivity index (χ0n) is 4.68. The minimum Gasteiger partial charge on any atom is -0.367 e. The van der Waals surface area contributed by atoms with Gasteiger partial charge in [-0.3, -0.25) is 14.9 Å². The van der Waals surface area contributed by atoms with Gasteiger partial charge in [-0.05, 0) is 0 Å². The van der Waals surface area contributed by atoms with Crippen LogP contribution in [-0.4, -0.2) is 24.5 Å². The lowest BCUT2D eigenvalue weighted by Crippen LogP contribution is -2.44. The largest absolute Gasteiger partial charge is 0.367 e. The molecule has 1 aliphatic rings. The van der Waals surface area contributed by atoms with Gasteiger partial charge >= 0.3 is 0 Å². The summed E-state index contributed by atoms with van der Waals surface area (Å²) in [4.78, 5) is 20.7. The molecule has 1 rings (SSSR count). The number of hydrogen-bond donors (Lipinski definition) is 3. The Bertz CT molecular complexity index is 156. The second-order valence-corrected chi connectivity index (χ2v) is 1.78. The number of amides is 2. The summed E-state index contributed by atoms with van der Waals surface area (Å²) in [5.41, 5.74) is 4.84. The predicted molar refractivity (Wildman–Crippen MR) is 29.1 cm³/mol. The normalized spacial score (nSPS) is 25.8. The van der Waals surface area contributed by atoms with E-state index in [1.165, 1.54) is 0 Å². The van der Waals surface area contributed by atoms with Gasteiger partial charge in [0.25, 0.3) is 5.91 Å². The molecular weight excluding hydrogens is 122 g/mol. The average Bonchev–Trinajstić information content (AvgIpc) is 2.14. The number of primary amides is 1. The third-order valence-corrected chi connectivity index (χ3v) is 1.06. The molecule has 0 aromatic heterocycles. The SMILES string of the molecule is NC(=O)C1NCC(=O)N1. The van der Waals surface area contributed by atoms with Crippen LogP contribution < -0.4 is 16.4 Å². The van der Waals surface area contributed by atoms with Crippen molar-refractivity contribution in [2.24, 2.45) is 5.73 Å². The standard InChI is InChI=1S/C4H7N3O2/c5-3(9)4-6-1-2(8)7-4/h4,6H,1H2,(H2,5,9)(H,7,8). The van der Waals surface area contributed by atoms with Crippen molar-refractivity contribution in [3.63, 3.8) is 0 Å². The molecule has 5 heteroatoms. The summed E-state index contributed by atoms with van der Waals surface area (Å²) in [5.74, 6) is -0.750. The first-order valence-corrected chi connectivity index (χ1v) is 2.52. The molecule has 1 aliphatic heterocycles. The van der Waals surface area contributed by atoms with Gasteiger partial charge in [0.2, 0.25) is 5.91 Å². The van der Waals surface area contributed by atoms with Crippen LogP contribution in [0.5, 0.6) is 0 Å². The van der Waals surface area contributed by atoms with Crippen LogP contribution in [-0.2, 0) is 9.59 Å². The third kappa shape index (κ3) is 1.17. The fraction of sp³-hybridized carbons (Fsp3) is 0.500. The average molecular weight is 129 g/mol. The van der Waals surface area contributed by atoms with Crippen LogP contribution in [0.3, 0.4) is 0 Å². The summed E-state index contributed by atoms with van der Waals surface area (Å²) in [6.45, 7) is 0.174. The van der Waals surface area contributed by atoms with E-state index >= 15 is 0 Å². The number of rotatable bonds is 1. The molecule has 1 fully saturated rings. The van der Waals surface area contributed by atoms with Crippen LogP contribution >= 0.6 is 0 Å². The predicted octanol–water partition coefficient (Wildman–Crippen LogP) is -2.48. The van der Waals surface area contributed by atoms with Gasteiger partial charge < -0.3 is 11.1 Å². The molecule has 0 aliphatic carbocycles. The van der Waals surface area contributed by atoms with E-state index < -0.39 is 12.1 Å². The summed E-state index contributed by atoms with van der Waals surface area (Å²) >= 11 is 0. The van der Waals surface area contributed by atoms with Crippen LogP contribution in [0.1, 0.15) is 0 Å². The van der Waals surface area contributed by atoms with Gasteiger partial charge in [0.05, 0.1) is 6.54 Å². The Labute approximate surface area is 51.6 Å². The number of carbonyl (C=O) groups is 2. The first-order valence-electron chi connectivity index (χ1n) is 2.52. The Kier molecular flexibility index (Phi) is 1.35. The molecular formula is C4H7N3O2. The zero-order valence-corrected chi connectivity index (χ0v) is 4.68.